The summed E-state index contributed by atoms with van der Waals surface area (Å²) in [6.07, 6.45) is 30.4. The van der Waals surface area contributed by atoms with Crippen molar-refractivity contribution in [3.63, 3.8) is 0 Å². The van der Waals surface area contributed by atoms with Crippen LogP contribution in [0.2, 0.25) is 0 Å². The molecule has 1 aromatic carbocycles. The van der Waals surface area contributed by atoms with Gasteiger partial charge in [0.1, 0.15) is 18.8 Å². The molecule has 2 saturated heterocycles. The Balaban J connectivity index is 0.00000500. The first-order valence-electron chi connectivity index (χ1n) is 19.6. The Hall–Kier alpha value is -1.41. The maximum Gasteiger partial charge on any atom is 0.228 e. The van der Waals surface area contributed by atoms with E-state index in [-0.39, 0.29) is 24.0 Å². The Morgan fingerprint density at radius 1 is 0.723 bits per heavy atom. The number of halogens is 1. The van der Waals surface area contributed by atoms with Gasteiger partial charge >= 0.3 is 0 Å². The van der Waals surface area contributed by atoms with Crippen molar-refractivity contribution in [2.45, 2.75) is 148 Å². The number of benzene rings is 2. The molecule has 3 heterocycles. The Kier molecular flexibility index (Phi) is 17.1. The van der Waals surface area contributed by atoms with Crippen LogP contribution in [0.15, 0.2) is 24.3 Å². The van der Waals surface area contributed by atoms with Crippen molar-refractivity contribution in [3.8, 4) is 10.6 Å². The molecular weight excluding hydrogens is 707 g/mol. The number of hydrogen-bond donors (Lipinski definition) is 0. The van der Waals surface area contributed by atoms with Crippen molar-refractivity contribution in [2.24, 2.45) is 0 Å². The zero-order chi connectivity index (χ0) is 32.0. The van der Waals surface area contributed by atoms with Gasteiger partial charge in [-0.3, -0.25) is 0 Å². The van der Waals surface area contributed by atoms with Gasteiger partial charge in [0.05, 0.1) is 20.8 Å². The topological polar surface area (TPSA) is 22.4 Å². The molecule has 0 amide bonds. The van der Waals surface area contributed by atoms with E-state index in [0.717, 1.165) is 5.52 Å². The third kappa shape index (κ3) is 11.3. The summed E-state index contributed by atoms with van der Waals surface area (Å²) < 4.78 is 4.04. The second-order valence-corrected chi connectivity index (χ2v) is 15.7. The molecule has 262 valence electrons. The Morgan fingerprint density at radius 2 is 1.30 bits per heavy atom. The summed E-state index contributed by atoms with van der Waals surface area (Å²) >= 11 is 1.96. The third-order valence-corrected chi connectivity index (χ3v) is 11.7. The lowest BCUT2D eigenvalue weighted by Gasteiger charge is -2.29. The van der Waals surface area contributed by atoms with E-state index in [9.17, 15) is 0 Å². The summed E-state index contributed by atoms with van der Waals surface area (Å²) in [6.45, 7) is 7.04. The van der Waals surface area contributed by atoms with Gasteiger partial charge in [-0.1, -0.05) is 96.8 Å². The highest BCUT2D eigenvalue weighted by Crippen LogP contribution is 2.38. The lowest BCUT2D eigenvalue weighted by Crippen LogP contribution is -3.00. The van der Waals surface area contributed by atoms with Crippen LogP contribution in [0.3, 0.4) is 0 Å². The summed E-state index contributed by atoms with van der Waals surface area (Å²) in [6, 6.07) is 9.48. The van der Waals surface area contributed by atoms with E-state index in [0.29, 0.717) is 0 Å². The number of rotatable bonds is 18. The molecular formula is C41H65IN4S. The standard InChI is InChI=1S/C41H65N4S.HI/c1-4-5-6-7-8-9-10-11-12-13-14-15-16-17-20-25-34-32-37-41(40(43(2)3)39(34)45-30-23-19-24-31-45)46-38-33-35(26-27-36(38)42-37)44-28-21-18-22-29-44;/h26-27,32-33H,4-25,28-31H2,1-3H3;1H/q+1;/p-1. The summed E-state index contributed by atoms with van der Waals surface area (Å²) in [7, 11) is 4.50. The summed E-state index contributed by atoms with van der Waals surface area (Å²) in [5.74, 6) is 0. The molecule has 0 atom stereocenters. The van der Waals surface area contributed by atoms with Gasteiger partial charge in [0.25, 0.3) is 0 Å². The highest BCUT2D eigenvalue weighted by atomic mass is 127. The smallest absolute Gasteiger partial charge is 0.228 e. The summed E-state index contributed by atoms with van der Waals surface area (Å²) in [4.78, 5) is 11.6. The number of anilines is 2. The fraction of sp³-hybridized carbons (Fsp3) is 0.707. The van der Waals surface area contributed by atoms with Crippen LogP contribution < -0.4 is 43.7 Å². The van der Waals surface area contributed by atoms with E-state index < -0.39 is 0 Å². The maximum absolute atomic E-state index is 5.32. The second-order valence-electron chi connectivity index (χ2n) is 14.6. The lowest BCUT2D eigenvalue weighted by molar-refractivity contribution is -0.00000961. The van der Waals surface area contributed by atoms with Gasteiger partial charge in [-0.05, 0) is 62.8 Å². The summed E-state index contributed by atoms with van der Waals surface area (Å²) in [5.41, 5.74) is 6.63. The maximum atomic E-state index is 5.32. The molecule has 0 radical (unpaired) electrons. The zero-order valence-corrected chi connectivity index (χ0v) is 33.2. The Morgan fingerprint density at radius 3 is 1.89 bits per heavy atom. The van der Waals surface area contributed by atoms with E-state index in [1.54, 1.807) is 0 Å². The predicted molar refractivity (Wildman–Crippen MR) is 204 cm³/mol. The molecule has 0 bridgehead atoms. The minimum atomic E-state index is 0. The average molecular weight is 773 g/mol. The molecule has 0 aromatic heterocycles. The highest BCUT2D eigenvalue weighted by Gasteiger charge is 2.26. The van der Waals surface area contributed by atoms with Crippen molar-refractivity contribution >= 4 is 32.9 Å². The van der Waals surface area contributed by atoms with Crippen LogP contribution in [-0.2, 0) is 6.42 Å². The molecule has 4 nitrogen and oxygen atoms in total. The van der Waals surface area contributed by atoms with Gasteiger partial charge < -0.3 is 33.8 Å². The lowest BCUT2D eigenvalue weighted by atomic mass is 9.99. The molecule has 0 saturated carbocycles. The van der Waals surface area contributed by atoms with Crippen LogP contribution >= 0.6 is 11.3 Å². The number of piperidine rings is 2. The van der Waals surface area contributed by atoms with Crippen molar-refractivity contribution < 1.29 is 24.0 Å². The van der Waals surface area contributed by atoms with Gasteiger partial charge in [0.2, 0.25) is 5.36 Å². The minimum Gasteiger partial charge on any atom is -1.00 e. The molecule has 1 aromatic rings. The highest BCUT2D eigenvalue weighted by molar-refractivity contribution is 7.22. The predicted octanol–water partition coefficient (Wildman–Crippen LogP) is 7.83. The Bertz CT molecular complexity index is 1370. The van der Waals surface area contributed by atoms with Gasteiger partial charge in [-0.2, -0.15) is 0 Å². The van der Waals surface area contributed by atoms with E-state index in [4.69, 9.17) is 4.98 Å². The van der Waals surface area contributed by atoms with Crippen molar-refractivity contribution in [1.82, 2.24) is 9.56 Å². The molecule has 5 rings (SSSR count). The number of nitrogens with zero attached hydrogens (tertiary/aromatic N) is 4. The molecule has 0 unspecified atom stereocenters. The van der Waals surface area contributed by atoms with E-state index in [2.05, 4.69) is 59.7 Å². The first kappa shape index (κ1) is 38.4. The molecule has 3 aliphatic heterocycles. The van der Waals surface area contributed by atoms with Crippen LogP contribution in [0.1, 0.15) is 147 Å². The minimum absolute atomic E-state index is 0. The van der Waals surface area contributed by atoms with Crippen LogP contribution in [-0.4, -0.2) is 45.3 Å². The molecule has 6 heteroatoms. The third-order valence-electron chi connectivity index (χ3n) is 10.6. The monoisotopic (exact) mass is 772 g/mol. The first-order chi connectivity index (χ1) is 22.7. The van der Waals surface area contributed by atoms with E-state index in [1.165, 1.54) is 205 Å². The first-order valence-corrected chi connectivity index (χ1v) is 20.4. The van der Waals surface area contributed by atoms with Crippen LogP contribution in [0.5, 0.6) is 0 Å². The van der Waals surface area contributed by atoms with Crippen LogP contribution in [0, 0.1) is 0 Å². The molecule has 0 N–H and O–H groups in total. The van der Waals surface area contributed by atoms with E-state index >= 15 is 0 Å². The largest absolute Gasteiger partial charge is 1.00 e. The number of hydrogen-bond acceptors (Lipinski definition) is 4. The van der Waals surface area contributed by atoms with Crippen molar-refractivity contribution in [2.75, 3.05) is 50.1 Å². The summed E-state index contributed by atoms with van der Waals surface area (Å²) in [5, 5.41) is 1.51. The van der Waals surface area contributed by atoms with Gasteiger partial charge in [0, 0.05) is 51.3 Å². The fourth-order valence-electron chi connectivity index (χ4n) is 7.89. The van der Waals surface area contributed by atoms with Crippen LogP contribution in [0.25, 0.3) is 20.8 Å². The molecule has 1 aliphatic carbocycles. The SMILES string of the molecule is CCCCCCCCCCCCCCCCCc1cc2nc3ccc(N4CCCCC4)cc3sc-2c(N(C)C)c1=[N+]1CCCCC1.[I-]. The normalized spacial score (nSPS) is 15.4. The average Bonchev–Trinajstić information content (AvgIpc) is 3.09. The molecule has 2 fully saturated rings. The van der Waals surface area contributed by atoms with Gasteiger partial charge in [-0.25, -0.2) is 9.56 Å². The Labute approximate surface area is 308 Å². The van der Waals surface area contributed by atoms with Gasteiger partial charge in [-0.15, -0.1) is 11.3 Å². The van der Waals surface area contributed by atoms with Gasteiger partial charge in [0.15, 0.2) is 0 Å². The van der Waals surface area contributed by atoms with E-state index in [1.807, 2.05) is 11.3 Å². The number of aryl methyl sites for hydroxylation is 1. The molecule has 47 heavy (non-hydrogen) atoms. The van der Waals surface area contributed by atoms with Crippen molar-refractivity contribution in [1.29, 1.82) is 0 Å². The number of fused-ring (bicyclic) bond motifs is 2. The second kappa shape index (κ2) is 21.0. The van der Waals surface area contributed by atoms with Crippen molar-refractivity contribution in [3.05, 3.63) is 35.2 Å². The quantitative estimate of drug-likeness (QED) is 0.0570. The zero-order valence-electron chi connectivity index (χ0n) is 30.3. The molecule has 0 spiro atoms. The number of aromatic nitrogens is 1. The fourth-order valence-corrected chi connectivity index (χ4v) is 9.09. The van der Waals surface area contributed by atoms with Crippen LogP contribution in [0.4, 0.5) is 11.4 Å². The number of unbranched alkanes of at least 4 members (excludes halogenated alkanes) is 14. The molecule has 4 aliphatic rings.